The van der Waals surface area contributed by atoms with Gasteiger partial charge in [-0.1, -0.05) is 0 Å². The first-order valence-corrected chi connectivity index (χ1v) is 6.30. The van der Waals surface area contributed by atoms with Crippen LogP contribution in [0.25, 0.3) is 0 Å². The van der Waals surface area contributed by atoms with Crippen LogP contribution in [-0.2, 0) is 13.0 Å². The van der Waals surface area contributed by atoms with Crippen molar-refractivity contribution >= 4 is 11.3 Å². The summed E-state index contributed by atoms with van der Waals surface area (Å²) in [5.74, 6) is 0. The van der Waals surface area contributed by atoms with Crippen LogP contribution >= 0.6 is 11.3 Å². The smallest absolute Gasteiger partial charge is 0.330 e. The van der Waals surface area contributed by atoms with Gasteiger partial charge in [-0.05, 0) is 19.4 Å². The zero-order valence-corrected chi connectivity index (χ0v) is 10.00. The molecule has 0 amide bonds. The number of hydrogen-bond acceptors (Lipinski definition) is 4. The maximum Gasteiger partial charge on any atom is 0.406 e. The van der Waals surface area contributed by atoms with Crippen LogP contribution in [0.3, 0.4) is 0 Å². The number of rotatable bonds is 5. The van der Waals surface area contributed by atoms with Crippen LogP contribution in [0, 0.1) is 0 Å². The molecule has 2 rings (SSSR count). The second-order valence-electron chi connectivity index (χ2n) is 4.20. The number of alkyl halides is 3. The molecule has 1 aromatic rings. The summed E-state index contributed by atoms with van der Waals surface area (Å²) >= 11 is 1.44. The molecule has 1 fully saturated rings. The first-order valence-electron chi connectivity index (χ1n) is 5.42. The molecule has 7 heteroatoms. The summed E-state index contributed by atoms with van der Waals surface area (Å²) in [5.41, 5.74) is 4.38. The molecule has 1 heterocycles. The third-order valence-corrected chi connectivity index (χ3v) is 3.82. The first kappa shape index (κ1) is 12.8. The molecule has 17 heavy (non-hydrogen) atoms. The fourth-order valence-corrected chi connectivity index (χ4v) is 2.43. The summed E-state index contributed by atoms with van der Waals surface area (Å²) in [6, 6.07) is 0. The van der Waals surface area contributed by atoms with E-state index in [1.54, 1.807) is 5.38 Å². The fourth-order valence-electron chi connectivity index (χ4n) is 1.61. The Hall–Kier alpha value is -0.660. The van der Waals surface area contributed by atoms with Gasteiger partial charge in [0.1, 0.15) is 5.54 Å². The lowest BCUT2D eigenvalue weighted by Crippen LogP contribution is -2.44. The molecular weight excluding hydrogens is 251 g/mol. The van der Waals surface area contributed by atoms with Gasteiger partial charge in [0.25, 0.3) is 0 Å². The highest BCUT2D eigenvalue weighted by molar-refractivity contribution is 7.09. The predicted molar refractivity (Wildman–Crippen MR) is 59.7 cm³/mol. The minimum Gasteiger partial charge on any atom is -0.330 e. The Labute approximate surface area is 101 Å². The van der Waals surface area contributed by atoms with E-state index in [0.29, 0.717) is 18.7 Å². The molecule has 96 valence electrons. The van der Waals surface area contributed by atoms with E-state index in [0.717, 1.165) is 5.01 Å². The van der Waals surface area contributed by atoms with Gasteiger partial charge in [0.15, 0.2) is 0 Å². The topological polar surface area (TPSA) is 50.9 Å². The third kappa shape index (κ3) is 2.78. The third-order valence-electron chi connectivity index (χ3n) is 2.86. The van der Waals surface area contributed by atoms with Gasteiger partial charge in [0.2, 0.25) is 0 Å². The SMILES string of the molecule is NCCc1nc(CNC2(C(F)(F)F)CC2)cs1. The van der Waals surface area contributed by atoms with E-state index in [-0.39, 0.29) is 19.4 Å². The van der Waals surface area contributed by atoms with E-state index >= 15 is 0 Å². The van der Waals surface area contributed by atoms with Crippen molar-refractivity contribution in [2.45, 2.75) is 37.5 Å². The molecule has 0 spiro atoms. The van der Waals surface area contributed by atoms with Gasteiger partial charge >= 0.3 is 6.18 Å². The van der Waals surface area contributed by atoms with Gasteiger partial charge < -0.3 is 5.73 Å². The Morgan fingerprint density at radius 3 is 2.71 bits per heavy atom. The van der Waals surface area contributed by atoms with Gasteiger partial charge in [0, 0.05) is 18.3 Å². The minimum absolute atomic E-state index is 0.163. The van der Waals surface area contributed by atoms with Crippen molar-refractivity contribution in [2.75, 3.05) is 6.54 Å². The lowest BCUT2D eigenvalue weighted by Gasteiger charge is -2.19. The molecule has 1 aromatic heterocycles. The summed E-state index contributed by atoms with van der Waals surface area (Å²) in [6.45, 7) is 0.674. The summed E-state index contributed by atoms with van der Waals surface area (Å²) in [4.78, 5) is 4.22. The van der Waals surface area contributed by atoms with Gasteiger partial charge in [-0.25, -0.2) is 4.98 Å². The Bertz CT molecular complexity index is 384. The van der Waals surface area contributed by atoms with E-state index in [2.05, 4.69) is 10.3 Å². The van der Waals surface area contributed by atoms with Crippen LogP contribution in [0.2, 0.25) is 0 Å². The van der Waals surface area contributed by atoms with Crippen LogP contribution in [0.4, 0.5) is 13.2 Å². The van der Waals surface area contributed by atoms with E-state index in [4.69, 9.17) is 5.73 Å². The Balaban J connectivity index is 1.90. The highest BCUT2D eigenvalue weighted by atomic mass is 32.1. The number of aromatic nitrogens is 1. The zero-order valence-electron chi connectivity index (χ0n) is 9.18. The average Bonchev–Trinajstić information content (AvgIpc) is 2.92. The van der Waals surface area contributed by atoms with Crippen LogP contribution in [-0.4, -0.2) is 23.2 Å². The standard InChI is InChI=1S/C10H14F3N3S/c11-10(12,13)9(2-3-9)15-5-7-6-17-8(16-7)1-4-14/h6,15H,1-5,14H2. The van der Waals surface area contributed by atoms with E-state index < -0.39 is 11.7 Å². The molecular formula is C10H14F3N3S. The largest absolute Gasteiger partial charge is 0.406 e. The van der Waals surface area contributed by atoms with Crippen LogP contribution in [0.5, 0.6) is 0 Å². The van der Waals surface area contributed by atoms with Crippen molar-refractivity contribution in [1.82, 2.24) is 10.3 Å². The fraction of sp³-hybridized carbons (Fsp3) is 0.700. The number of hydrogen-bond donors (Lipinski definition) is 2. The van der Waals surface area contributed by atoms with Crippen molar-refractivity contribution in [1.29, 1.82) is 0 Å². The summed E-state index contributed by atoms with van der Waals surface area (Å²) in [6.07, 6.45) is -3.16. The van der Waals surface area contributed by atoms with Crippen molar-refractivity contribution in [2.24, 2.45) is 5.73 Å². The average molecular weight is 265 g/mol. The summed E-state index contributed by atoms with van der Waals surface area (Å²) in [7, 11) is 0. The summed E-state index contributed by atoms with van der Waals surface area (Å²) < 4.78 is 37.9. The van der Waals surface area contributed by atoms with Crippen molar-refractivity contribution < 1.29 is 13.2 Å². The van der Waals surface area contributed by atoms with Gasteiger partial charge in [-0.2, -0.15) is 13.2 Å². The zero-order chi connectivity index (χ0) is 12.5. The number of halogens is 3. The van der Waals surface area contributed by atoms with Crippen molar-refractivity contribution in [3.05, 3.63) is 16.1 Å². The highest BCUT2D eigenvalue weighted by Crippen LogP contribution is 2.49. The first-order chi connectivity index (χ1) is 7.97. The Morgan fingerprint density at radius 2 is 2.18 bits per heavy atom. The van der Waals surface area contributed by atoms with E-state index in [9.17, 15) is 13.2 Å². The molecule has 0 bridgehead atoms. The molecule has 1 aliphatic carbocycles. The van der Waals surface area contributed by atoms with Gasteiger partial charge in [-0.15, -0.1) is 11.3 Å². The number of nitrogens with zero attached hydrogens (tertiary/aromatic N) is 1. The normalized spacial score (nSPS) is 18.4. The quantitative estimate of drug-likeness (QED) is 0.854. The Morgan fingerprint density at radius 1 is 1.47 bits per heavy atom. The number of thiazole rings is 1. The van der Waals surface area contributed by atoms with Crippen LogP contribution in [0.15, 0.2) is 5.38 Å². The summed E-state index contributed by atoms with van der Waals surface area (Å²) in [5, 5.41) is 5.23. The molecule has 0 radical (unpaired) electrons. The molecule has 0 atom stereocenters. The molecule has 0 unspecified atom stereocenters. The van der Waals surface area contributed by atoms with Crippen LogP contribution < -0.4 is 11.1 Å². The second-order valence-corrected chi connectivity index (χ2v) is 5.15. The molecule has 0 aromatic carbocycles. The predicted octanol–water partition coefficient (Wildman–Crippen LogP) is 1.83. The van der Waals surface area contributed by atoms with E-state index in [1.165, 1.54) is 11.3 Å². The molecule has 1 aliphatic rings. The Kier molecular flexibility index (Phi) is 3.42. The van der Waals surface area contributed by atoms with Crippen molar-refractivity contribution in [3.63, 3.8) is 0 Å². The second kappa shape index (κ2) is 4.55. The van der Waals surface area contributed by atoms with Gasteiger partial charge in [0.05, 0.1) is 10.7 Å². The monoisotopic (exact) mass is 265 g/mol. The number of nitrogens with two attached hydrogens (primary N) is 1. The minimum atomic E-state index is -4.16. The molecule has 0 aliphatic heterocycles. The van der Waals surface area contributed by atoms with Crippen molar-refractivity contribution in [3.8, 4) is 0 Å². The van der Waals surface area contributed by atoms with E-state index in [1.807, 2.05) is 0 Å². The number of nitrogens with one attached hydrogen (secondary N) is 1. The van der Waals surface area contributed by atoms with Crippen LogP contribution in [0.1, 0.15) is 23.5 Å². The molecule has 3 nitrogen and oxygen atoms in total. The van der Waals surface area contributed by atoms with Gasteiger partial charge in [-0.3, -0.25) is 5.32 Å². The molecule has 1 saturated carbocycles. The maximum atomic E-state index is 12.6. The molecule has 0 saturated heterocycles. The lowest BCUT2D eigenvalue weighted by molar-refractivity contribution is -0.166. The highest BCUT2D eigenvalue weighted by Gasteiger charge is 2.62. The lowest BCUT2D eigenvalue weighted by atomic mass is 10.2. The maximum absolute atomic E-state index is 12.6. The molecule has 3 N–H and O–H groups in total.